The third-order valence-electron chi connectivity index (χ3n) is 5.33. The van der Waals surface area contributed by atoms with Crippen LogP contribution in [0.15, 0.2) is 22.8 Å². The number of furan rings is 1. The summed E-state index contributed by atoms with van der Waals surface area (Å²) < 4.78 is 5.14. The minimum Gasteiger partial charge on any atom is -0.467 e. The molecule has 2 N–H and O–H groups in total. The number of urea groups is 1. The number of rotatable bonds is 4. The topological polar surface area (TPSA) is 91.7 Å². The number of carbonyl (C=O) groups excluding carboxylic acids is 3. The van der Waals surface area contributed by atoms with Gasteiger partial charge in [-0.05, 0) is 36.8 Å². The van der Waals surface area contributed by atoms with Crippen LogP contribution in [-0.2, 0) is 16.1 Å². The molecule has 2 unspecified atom stereocenters. The second-order valence-corrected chi connectivity index (χ2v) is 6.78. The molecule has 1 aliphatic carbocycles. The van der Waals surface area contributed by atoms with Crippen LogP contribution in [0.4, 0.5) is 4.79 Å². The van der Waals surface area contributed by atoms with Gasteiger partial charge in [0, 0.05) is 0 Å². The molecule has 2 heterocycles. The molecule has 0 radical (unpaired) electrons. The largest absolute Gasteiger partial charge is 0.467 e. The first kappa shape index (κ1) is 16.5. The highest BCUT2D eigenvalue weighted by molar-refractivity contribution is 6.09. The van der Waals surface area contributed by atoms with Crippen LogP contribution in [0.2, 0.25) is 0 Å². The number of nitrogens with one attached hydrogen (secondary N) is 2. The van der Waals surface area contributed by atoms with E-state index in [0.717, 1.165) is 24.2 Å². The molecule has 24 heavy (non-hydrogen) atoms. The summed E-state index contributed by atoms with van der Waals surface area (Å²) in [5.74, 6) is 0.0812. The fraction of sp³-hybridized carbons (Fsp3) is 0.588. The Morgan fingerprint density at radius 1 is 1.38 bits per heavy atom. The molecular formula is C17H23N3O4. The summed E-state index contributed by atoms with van der Waals surface area (Å²) in [7, 11) is 0. The average molecular weight is 333 g/mol. The zero-order valence-corrected chi connectivity index (χ0v) is 14.0. The molecule has 1 saturated heterocycles. The van der Waals surface area contributed by atoms with Gasteiger partial charge in [0.05, 0.1) is 12.8 Å². The number of imide groups is 1. The molecule has 1 aromatic heterocycles. The summed E-state index contributed by atoms with van der Waals surface area (Å²) in [4.78, 5) is 38.4. The van der Waals surface area contributed by atoms with Gasteiger partial charge in [-0.15, -0.1) is 0 Å². The van der Waals surface area contributed by atoms with Crippen LogP contribution in [0, 0.1) is 11.8 Å². The van der Waals surface area contributed by atoms with Gasteiger partial charge in [-0.3, -0.25) is 14.5 Å². The van der Waals surface area contributed by atoms with Crippen molar-refractivity contribution >= 4 is 17.8 Å². The van der Waals surface area contributed by atoms with E-state index in [2.05, 4.69) is 10.6 Å². The number of hydrogen-bond donors (Lipinski definition) is 2. The Kier molecular flexibility index (Phi) is 4.34. The molecular weight excluding hydrogens is 310 g/mol. The highest BCUT2D eigenvalue weighted by atomic mass is 16.3. The Balaban J connectivity index is 1.67. The first-order chi connectivity index (χ1) is 11.4. The van der Waals surface area contributed by atoms with Crippen LogP contribution in [0.5, 0.6) is 0 Å². The Hall–Kier alpha value is -2.31. The molecule has 7 heteroatoms. The monoisotopic (exact) mass is 333 g/mol. The number of hydrogen-bond acceptors (Lipinski definition) is 4. The van der Waals surface area contributed by atoms with E-state index < -0.39 is 11.6 Å². The maximum absolute atomic E-state index is 12.9. The highest BCUT2D eigenvalue weighted by Crippen LogP contribution is 2.42. The molecule has 2 fully saturated rings. The van der Waals surface area contributed by atoms with Gasteiger partial charge in [-0.1, -0.05) is 20.3 Å². The molecule has 1 aliphatic heterocycles. The van der Waals surface area contributed by atoms with Crippen LogP contribution in [-0.4, -0.2) is 34.8 Å². The van der Waals surface area contributed by atoms with Crippen LogP contribution >= 0.6 is 0 Å². The maximum Gasteiger partial charge on any atom is 0.325 e. The van der Waals surface area contributed by atoms with Crippen LogP contribution in [0.25, 0.3) is 0 Å². The van der Waals surface area contributed by atoms with Gasteiger partial charge in [0.15, 0.2) is 0 Å². The first-order valence-electron chi connectivity index (χ1n) is 8.38. The zero-order valence-electron chi connectivity index (χ0n) is 14.0. The Morgan fingerprint density at radius 2 is 2.08 bits per heavy atom. The van der Waals surface area contributed by atoms with Crippen molar-refractivity contribution in [2.24, 2.45) is 11.8 Å². The molecule has 7 nitrogen and oxygen atoms in total. The van der Waals surface area contributed by atoms with E-state index in [0.29, 0.717) is 5.76 Å². The number of amides is 4. The van der Waals surface area contributed by atoms with Gasteiger partial charge in [0.2, 0.25) is 5.91 Å². The smallest absolute Gasteiger partial charge is 0.325 e. The minimum absolute atomic E-state index is 0.0638. The van der Waals surface area contributed by atoms with E-state index in [1.807, 2.05) is 13.8 Å². The highest BCUT2D eigenvalue weighted by Gasteiger charge is 2.58. The van der Waals surface area contributed by atoms with Crippen molar-refractivity contribution in [1.29, 1.82) is 0 Å². The summed E-state index contributed by atoms with van der Waals surface area (Å²) in [5, 5.41) is 5.54. The summed E-state index contributed by atoms with van der Waals surface area (Å²) in [6, 6.07) is 3.00. The Bertz CT molecular complexity index is 630. The van der Waals surface area contributed by atoms with Crippen molar-refractivity contribution < 1.29 is 18.8 Å². The summed E-state index contributed by atoms with van der Waals surface area (Å²) in [6.45, 7) is 3.95. The van der Waals surface area contributed by atoms with Gasteiger partial charge in [0.1, 0.15) is 17.8 Å². The normalized spacial score (nSPS) is 29.8. The summed E-state index contributed by atoms with van der Waals surface area (Å²) in [5.41, 5.74) is -0.864. The lowest BCUT2D eigenvalue weighted by atomic mass is 9.67. The fourth-order valence-corrected chi connectivity index (χ4v) is 3.89. The second-order valence-electron chi connectivity index (χ2n) is 6.78. The first-order valence-corrected chi connectivity index (χ1v) is 8.38. The predicted molar refractivity (Wildman–Crippen MR) is 85.7 cm³/mol. The third-order valence-corrected chi connectivity index (χ3v) is 5.33. The molecule has 1 aromatic rings. The van der Waals surface area contributed by atoms with E-state index >= 15 is 0 Å². The lowest BCUT2D eigenvalue weighted by Crippen LogP contribution is -2.59. The van der Waals surface area contributed by atoms with Gasteiger partial charge in [-0.25, -0.2) is 4.79 Å². The molecule has 2 aliphatic rings. The van der Waals surface area contributed by atoms with Gasteiger partial charge in [-0.2, -0.15) is 0 Å². The number of carbonyl (C=O) groups is 3. The molecule has 1 saturated carbocycles. The summed E-state index contributed by atoms with van der Waals surface area (Å²) in [6.07, 6.45) is 4.37. The zero-order chi connectivity index (χ0) is 17.3. The Labute approximate surface area is 140 Å². The van der Waals surface area contributed by atoms with E-state index in [9.17, 15) is 14.4 Å². The van der Waals surface area contributed by atoms with Gasteiger partial charge >= 0.3 is 6.03 Å². The lowest BCUT2D eigenvalue weighted by molar-refractivity contribution is -0.139. The fourth-order valence-electron chi connectivity index (χ4n) is 3.89. The molecule has 130 valence electrons. The van der Waals surface area contributed by atoms with Crippen molar-refractivity contribution in [1.82, 2.24) is 15.5 Å². The SMILES string of the molecule is CC1CCCC(C)C12NC(=O)N(CC(=O)NCc1ccco1)C2=O. The lowest BCUT2D eigenvalue weighted by Gasteiger charge is -2.42. The quantitative estimate of drug-likeness (QED) is 0.820. The van der Waals surface area contributed by atoms with E-state index in [-0.39, 0.29) is 36.7 Å². The molecule has 0 bridgehead atoms. The maximum atomic E-state index is 12.9. The van der Waals surface area contributed by atoms with E-state index in [4.69, 9.17) is 4.42 Å². The molecule has 3 rings (SSSR count). The molecule has 4 amide bonds. The molecule has 2 atom stereocenters. The standard InChI is InChI=1S/C17H23N3O4/c1-11-5-3-6-12(2)17(11)15(22)20(16(23)19-17)10-14(21)18-9-13-7-4-8-24-13/h4,7-8,11-12H,3,5-6,9-10H2,1-2H3,(H,18,21)(H,19,23). The van der Waals surface area contributed by atoms with Crippen LogP contribution < -0.4 is 10.6 Å². The second kappa shape index (κ2) is 6.30. The summed E-state index contributed by atoms with van der Waals surface area (Å²) >= 11 is 0. The van der Waals surface area contributed by atoms with Crippen molar-refractivity contribution in [3.63, 3.8) is 0 Å². The van der Waals surface area contributed by atoms with E-state index in [1.165, 1.54) is 6.26 Å². The van der Waals surface area contributed by atoms with Crippen molar-refractivity contribution in [2.75, 3.05) is 6.54 Å². The molecule has 1 spiro atoms. The van der Waals surface area contributed by atoms with Crippen LogP contribution in [0.1, 0.15) is 38.9 Å². The molecule has 0 aromatic carbocycles. The average Bonchev–Trinajstić information content (AvgIpc) is 3.14. The van der Waals surface area contributed by atoms with Crippen LogP contribution in [0.3, 0.4) is 0 Å². The van der Waals surface area contributed by atoms with E-state index in [1.54, 1.807) is 12.1 Å². The minimum atomic E-state index is -0.864. The van der Waals surface area contributed by atoms with Crippen molar-refractivity contribution in [2.45, 2.75) is 45.2 Å². The van der Waals surface area contributed by atoms with Crippen molar-refractivity contribution in [3.8, 4) is 0 Å². The van der Waals surface area contributed by atoms with Gasteiger partial charge in [0.25, 0.3) is 5.91 Å². The third kappa shape index (κ3) is 2.68. The predicted octanol–water partition coefficient (Wildman–Crippen LogP) is 1.64. The Morgan fingerprint density at radius 3 is 2.71 bits per heavy atom. The number of nitrogens with zero attached hydrogens (tertiary/aromatic N) is 1. The van der Waals surface area contributed by atoms with Gasteiger partial charge < -0.3 is 15.1 Å². The van der Waals surface area contributed by atoms with Crippen molar-refractivity contribution in [3.05, 3.63) is 24.2 Å².